The molecule has 0 aliphatic carbocycles. The summed E-state index contributed by atoms with van der Waals surface area (Å²) in [6, 6.07) is 61.3. The lowest BCUT2D eigenvalue weighted by molar-refractivity contribution is 0.976. The Morgan fingerprint density at radius 3 is 0.658 bits per heavy atom. The predicted molar refractivity (Wildman–Crippen MR) is 160 cm³/mol. The summed E-state index contributed by atoms with van der Waals surface area (Å²) in [6.45, 7) is 0. The molecule has 0 radical (unpaired) electrons. The molecule has 182 valence electrons. The van der Waals surface area contributed by atoms with Crippen molar-refractivity contribution >= 4 is 0 Å². The van der Waals surface area contributed by atoms with Crippen LogP contribution < -0.4 is 0 Å². The third-order valence-corrected chi connectivity index (χ3v) is 7.35. The SMILES string of the molecule is c1ccc(C(c2ccccc2)c2ccc(-c3ccc(C(c4ccccc4)c4ccccc4)cc3)cc2)cc1. The van der Waals surface area contributed by atoms with Gasteiger partial charge in [0.1, 0.15) is 0 Å². The van der Waals surface area contributed by atoms with Crippen molar-refractivity contribution in [3.63, 3.8) is 0 Å². The van der Waals surface area contributed by atoms with Crippen molar-refractivity contribution in [2.75, 3.05) is 0 Å². The maximum Gasteiger partial charge on any atom is 0.0339 e. The zero-order valence-electron chi connectivity index (χ0n) is 21.3. The first kappa shape index (κ1) is 23.7. The molecule has 0 bridgehead atoms. The second kappa shape index (κ2) is 11.2. The van der Waals surface area contributed by atoms with Gasteiger partial charge in [-0.05, 0) is 44.5 Å². The van der Waals surface area contributed by atoms with Gasteiger partial charge in [0.2, 0.25) is 0 Å². The number of rotatable bonds is 7. The van der Waals surface area contributed by atoms with E-state index in [2.05, 4.69) is 170 Å². The highest BCUT2D eigenvalue weighted by Gasteiger charge is 2.18. The summed E-state index contributed by atoms with van der Waals surface area (Å²) in [5, 5.41) is 0. The molecule has 38 heavy (non-hydrogen) atoms. The van der Waals surface area contributed by atoms with Crippen LogP contribution in [0.3, 0.4) is 0 Å². The molecule has 0 aromatic heterocycles. The van der Waals surface area contributed by atoms with E-state index < -0.39 is 0 Å². The largest absolute Gasteiger partial charge is 0.0622 e. The van der Waals surface area contributed by atoms with E-state index in [1.165, 1.54) is 44.5 Å². The zero-order valence-corrected chi connectivity index (χ0v) is 21.3. The molecular weight excluding hydrogens is 456 g/mol. The van der Waals surface area contributed by atoms with E-state index in [-0.39, 0.29) is 11.8 Å². The van der Waals surface area contributed by atoms with Gasteiger partial charge >= 0.3 is 0 Å². The summed E-state index contributed by atoms with van der Waals surface area (Å²) >= 11 is 0. The molecule has 6 aromatic rings. The van der Waals surface area contributed by atoms with E-state index in [0.717, 1.165) is 0 Å². The summed E-state index contributed by atoms with van der Waals surface area (Å²) in [5.74, 6) is 0.428. The molecule has 0 heteroatoms. The quantitative estimate of drug-likeness (QED) is 0.197. The highest BCUT2D eigenvalue weighted by molar-refractivity contribution is 5.65. The minimum Gasteiger partial charge on any atom is -0.0622 e. The van der Waals surface area contributed by atoms with Gasteiger partial charge in [-0.2, -0.15) is 0 Å². The molecule has 0 saturated carbocycles. The van der Waals surface area contributed by atoms with Crippen LogP contribution in [0.15, 0.2) is 170 Å². The van der Waals surface area contributed by atoms with Crippen molar-refractivity contribution in [1.29, 1.82) is 0 Å². The number of hydrogen-bond acceptors (Lipinski definition) is 0. The van der Waals surface area contributed by atoms with E-state index in [0.29, 0.717) is 0 Å². The van der Waals surface area contributed by atoms with Gasteiger partial charge in [0, 0.05) is 11.8 Å². The monoisotopic (exact) mass is 486 g/mol. The average molecular weight is 487 g/mol. The van der Waals surface area contributed by atoms with Crippen LogP contribution >= 0.6 is 0 Å². The fourth-order valence-electron chi connectivity index (χ4n) is 5.47. The van der Waals surface area contributed by atoms with Gasteiger partial charge in [0.25, 0.3) is 0 Å². The Labute approximate surface area is 225 Å². The topological polar surface area (TPSA) is 0 Å². The van der Waals surface area contributed by atoms with Gasteiger partial charge in [-0.25, -0.2) is 0 Å². The summed E-state index contributed by atoms with van der Waals surface area (Å²) in [5.41, 5.74) is 10.3. The van der Waals surface area contributed by atoms with Crippen molar-refractivity contribution in [3.8, 4) is 11.1 Å². The highest BCUT2D eigenvalue weighted by Crippen LogP contribution is 2.35. The summed E-state index contributed by atoms with van der Waals surface area (Å²) in [4.78, 5) is 0. The van der Waals surface area contributed by atoms with Crippen LogP contribution in [-0.4, -0.2) is 0 Å². The van der Waals surface area contributed by atoms with Gasteiger partial charge in [-0.1, -0.05) is 170 Å². The molecule has 0 atom stereocenters. The van der Waals surface area contributed by atoms with E-state index in [1.807, 2.05) is 0 Å². The van der Waals surface area contributed by atoms with E-state index in [9.17, 15) is 0 Å². The Balaban J connectivity index is 1.31. The Kier molecular flexibility index (Phi) is 6.96. The Bertz CT molecular complexity index is 1350. The normalized spacial score (nSPS) is 11.1. The van der Waals surface area contributed by atoms with Crippen LogP contribution in [0, 0.1) is 0 Å². The summed E-state index contributed by atoms with van der Waals surface area (Å²) < 4.78 is 0. The van der Waals surface area contributed by atoms with Crippen LogP contribution in [0.2, 0.25) is 0 Å². The second-order valence-corrected chi connectivity index (χ2v) is 9.75. The molecule has 0 unspecified atom stereocenters. The predicted octanol–water partition coefficient (Wildman–Crippen LogP) is 9.71. The maximum atomic E-state index is 2.28. The Morgan fingerprint density at radius 2 is 0.421 bits per heavy atom. The van der Waals surface area contributed by atoms with Crippen molar-refractivity contribution < 1.29 is 0 Å². The Morgan fingerprint density at radius 1 is 0.211 bits per heavy atom. The first-order chi connectivity index (χ1) is 18.9. The third-order valence-electron chi connectivity index (χ3n) is 7.35. The van der Waals surface area contributed by atoms with E-state index in [4.69, 9.17) is 0 Å². The third kappa shape index (κ3) is 5.08. The van der Waals surface area contributed by atoms with Gasteiger partial charge in [0.15, 0.2) is 0 Å². The molecule has 0 nitrogen and oxygen atoms in total. The molecule has 0 heterocycles. The fraction of sp³-hybridized carbons (Fsp3) is 0.0526. The zero-order chi connectivity index (χ0) is 25.6. The number of benzene rings is 6. The molecule has 0 aliphatic heterocycles. The molecule has 0 amide bonds. The van der Waals surface area contributed by atoms with Gasteiger partial charge < -0.3 is 0 Å². The van der Waals surface area contributed by atoms with Crippen LogP contribution in [0.1, 0.15) is 45.2 Å². The van der Waals surface area contributed by atoms with Crippen LogP contribution in [0.4, 0.5) is 0 Å². The van der Waals surface area contributed by atoms with Crippen molar-refractivity contribution in [1.82, 2.24) is 0 Å². The molecule has 0 N–H and O–H groups in total. The van der Waals surface area contributed by atoms with Crippen molar-refractivity contribution in [2.45, 2.75) is 11.8 Å². The molecule has 0 saturated heterocycles. The molecule has 0 spiro atoms. The lowest BCUT2D eigenvalue weighted by Crippen LogP contribution is -2.03. The first-order valence-electron chi connectivity index (χ1n) is 13.3. The van der Waals surface area contributed by atoms with Crippen LogP contribution in [0.25, 0.3) is 11.1 Å². The summed E-state index contributed by atoms with van der Waals surface area (Å²) in [7, 11) is 0. The minimum atomic E-state index is 0.214. The maximum absolute atomic E-state index is 2.28. The molecule has 0 aliphatic rings. The first-order valence-corrected chi connectivity index (χ1v) is 13.3. The lowest BCUT2D eigenvalue weighted by atomic mass is 9.84. The number of hydrogen-bond donors (Lipinski definition) is 0. The van der Waals surface area contributed by atoms with Gasteiger partial charge in [0.05, 0.1) is 0 Å². The Hall–Kier alpha value is -4.68. The highest BCUT2D eigenvalue weighted by atomic mass is 14.2. The fourth-order valence-corrected chi connectivity index (χ4v) is 5.47. The van der Waals surface area contributed by atoms with Crippen LogP contribution in [-0.2, 0) is 0 Å². The van der Waals surface area contributed by atoms with Crippen molar-refractivity contribution in [3.05, 3.63) is 203 Å². The molecule has 6 rings (SSSR count). The minimum absolute atomic E-state index is 0.214. The molecular formula is C38H30. The standard InChI is InChI=1S/C38H30/c1-5-13-31(14-6-1)37(32-15-7-2-8-16-32)35-25-21-29(22-26-35)30-23-27-36(28-24-30)38(33-17-9-3-10-18-33)34-19-11-4-12-20-34/h1-28,37-38H. The summed E-state index contributed by atoms with van der Waals surface area (Å²) in [6.07, 6.45) is 0. The van der Waals surface area contributed by atoms with Gasteiger partial charge in [-0.3, -0.25) is 0 Å². The van der Waals surface area contributed by atoms with Crippen LogP contribution in [0.5, 0.6) is 0 Å². The van der Waals surface area contributed by atoms with E-state index >= 15 is 0 Å². The molecule has 6 aromatic carbocycles. The lowest BCUT2D eigenvalue weighted by Gasteiger charge is -2.20. The smallest absolute Gasteiger partial charge is 0.0339 e. The average Bonchev–Trinajstić information content (AvgIpc) is 3.00. The second-order valence-electron chi connectivity index (χ2n) is 9.75. The molecule has 0 fully saturated rings. The van der Waals surface area contributed by atoms with Gasteiger partial charge in [-0.15, -0.1) is 0 Å². The van der Waals surface area contributed by atoms with Crippen molar-refractivity contribution in [2.24, 2.45) is 0 Å². The van der Waals surface area contributed by atoms with E-state index in [1.54, 1.807) is 0 Å².